The molecular weight excluding hydrogens is 249 g/mol. The summed E-state index contributed by atoms with van der Waals surface area (Å²) in [6, 6.07) is 5.18. The highest BCUT2D eigenvalue weighted by Crippen LogP contribution is 2.19. The lowest BCUT2D eigenvalue weighted by molar-refractivity contribution is 0.567. The lowest BCUT2D eigenvalue weighted by Crippen LogP contribution is -2.11. The summed E-state index contributed by atoms with van der Waals surface area (Å²) in [6.45, 7) is 0. The highest BCUT2D eigenvalue weighted by atomic mass is 79.9. The van der Waals surface area contributed by atoms with Gasteiger partial charge in [-0.15, -0.1) is 0 Å². The van der Waals surface area contributed by atoms with E-state index in [-0.39, 0.29) is 5.82 Å². The van der Waals surface area contributed by atoms with Gasteiger partial charge < -0.3 is 0 Å². The van der Waals surface area contributed by atoms with Gasteiger partial charge in [0.2, 0.25) is 0 Å². The third kappa shape index (κ3) is 2.26. The molecule has 0 aliphatic heterocycles. The molecule has 1 atom stereocenters. The first-order valence-electron chi connectivity index (χ1n) is 2.93. The smallest absolute Gasteiger partial charge is 0.272 e. The monoisotopic (exact) mass is 253 g/mol. The van der Waals surface area contributed by atoms with Crippen molar-refractivity contribution >= 4 is 33.1 Å². The van der Waals surface area contributed by atoms with E-state index in [0.717, 1.165) is 3.33 Å². The maximum absolute atomic E-state index is 12.4. The van der Waals surface area contributed by atoms with Gasteiger partial charge >= 0.3 is 0 Å². The van der Waals surface area contributed by atoms with Crippen LogP contribution in [-0.2, 0) is 11.3 Å². The van der Waals surface area contributed by atoms with Crippen molar-refractivity contribution in [2.24, 2.45) is 0 Å². The Balaban J connectivity index is 2.89. The van der Waals surface area contributed by atoms with Gasteiger partial charge in [0.15, 0.2) is 0 Å². The van der Waals surface area contributed by atoms with Crippen molar-refractivity contribution in [2.75, 3.05) is 3.33 Å². The average Bonchev–Trinajstić information content (AvgIpc) is 2.04. The van der Waals surface area contributed by atoms with E-state index >= 15 is 0 Å². The Morgan fingerprint density at radius 1 is 1.42 bits per heavy atom. The topological polar surface area (TPSA) is 40.5 Å². The molecule has 0 bridgehead atoms. The molecule has 0 saturated heterocycles. The van der Waals surface area contributed by atoms with Crippen molar-refractivity contribution < 1.29 is 13.2 Å². The van der Waals surface area contributed by atoms with E-state index in [1.54, 1.807) is 0 Å². The fraction of sp³-hybridized carbons (Fsp3) is 0. The molecule has 0 radical (unpaired) electrons. The van der Waals surface area contributed by atoms with Gasteiger partial charge in [-0.25, -0.2) is 11.9 Å². The molecular formula is C6H5BrFNO2S. The Morgan fingerprint density at radius 3 is 2.33 bits per heavy atom. The summed E-state index contributed by atoms with van der Waals surface area (Å²) in [5.74, 6) is -0.386. The molecule has 66 valence electrons. The Bertz CT molecular complexity index is 292. The second-order valence-corrected chi connectivity index (χ2v) is 3.96. The van der Waals surface area contributed by atoms with Crippen LogP contribution >= 0.6 is 16.1 Å². The predicted octanol–water partition coefficient (Wildman–Crippen LogP) is 2.08. The molecule has 0 saturated carbocycles. The van der Waals surface area contributed by atoms with Crippen molar-refractivity contribution in [2.45, 2.75) is 0 Å². The average molecular weight is 254 g/mol. The van der Waals surface area contributed by atoms with Gasteiger partial charge in [-0.1, -0.05) is 0 Å². The molecule has 12 heavy (non-hydrogen) atoms. The van der Waals surface area contributed by atoms with Crippen LogP contribution in [0.1, 0.15) is 0 Å². The fourth-order valence-corrected chi connectivity index (χ4v) is 1.19. The Morgan fingerprint density at radius 2 is 1.92 bits per heavy atom. The van der Waals surface area contributed by atoms with E-state index in [4.69, 9.17) is 4.55 Å². The molecule has 0 aromatic heterocycles. The maximum atomic E-state index is 12.4. The van der Waals surface area contributed by atoms with Gasteiger partial charge in [0.05, 0.1) is 21.8 Å². The van der Waals surface area contributed by atoms with Crippen molar-refractivity contribution in [1.29, 1.82) is 0 Å². The Hall–Kier alpha value is -0.460. The SMILES string of the molecule is O=S(O)N(Br)c1ccc(F)cc1. The number of halogens is 2. The van der Waals surface area contributed by atoms with Crippen LogP contribution in [0.2, 0.25) is 0 Å². The first kappa shape index (κ1) is 9.63. The van der Waals surface area contributed by atoms with E-state index in [1.807, 2.05) is 0 Å². The van der Waals surface area contributed by atoms with Crippen LogP contribution in [0.5, 0.6) is 0 Å². The normalized spacial score (nSPS) is 12.6. The highest BCUT2D eigenvalue weighted by molar-refractivity contribution is 9.11. The van der Waals surface area contributed by atoms with Crippen LogP contribution in [0.25, 0.3) is 0 Å². The molecule has 1 aromatic carbocycles. The molecule has 0 aliphatic carbocycles. The summed E-state index contributed by atoms with van der Waals surface area (Å²) in [5.41, 5.74) is 0.414. The van der Waals surface area contributed by atoms with Gasteiger partial charge in [-0.2, -0.15) is 0 Å². The van der Waals surface area contributed by atoms with Gasteiger partial charge in [-0.05, 0) is 24.3 Å². The quantitative estimate of drug-likeness (QED) is 0.648. The minimum absolute atomic E-state index is 0.386. The van der Waals surface area contributed by atoms with Crippen LogP contribution in [0.4, 0.5) is 10.1 Å². The summed E-state index contributed by atoms with van der Waals surface area (Å²) < 4.78 is 32.4. The van der Waals surface area contributed by atoms with E-state index in [1.165, 1.54) is 24.3 Å². The summed E-state index contributed by atoms with van der Waals surface area (Å²) in [5, 5.41) is 0. The second kappa shape index (κ2) is 3.97. The van der Waals surface area contributed by atoms with Crippen LogP contribution < -0.4 is 3.33 Å². The van der Waals surface area contributed by atoms with Crippen LogP contribution in [0.3, 0.4) is 0 Å². The largest absolute Gasteiger partial charge is 0.289 e. The van der Waals surface area contributed by atoms with E-state index in [9.17, 15) is 8.60 Å². The molecule has 3 nitrogen and oxygen atoms in total. The molecule has 1 N–H and O–H groups in total. The molecule has 0 fully saturated rings. The first-order chi connectivity index (χ1) is 5.61. The molecule has 1 unspecified atom stereocenters. The molecule has 0 amide bonds. The molecule has 1 rings (SSSR count). The molecule has 0 heterocycles. The number of anilines is 1. The summed E-state index contributed by atoms with van der Waals surface area (Å²) in [4.78, 5) is 0. The van der Waals surface area contributed by atoms with Crippen molar-refractivity contribution in [3.8, 4) is 0 Å². The molecule has 6 heteroatoms. The summed E-state index contributed by atoms with van der Waals surface area (Å²) >= 11 is 0.695. The zero-order chi connectivity index (χ0) is 9.14. The maximum Gasteiger partial charge on any atom is 0.272 e. The van der Waals surface area contributed by atoms with Gasteiger partial charge in [0.25, 0.3) is 11.3 Å². The standard InChI is InChI=1S/C6H5BrFNO2S/c7-9(12(10)11)6-3-1-5(8)2-4-6/h1-4H,(H,10,11). The number of hydrogen-bond acceptors (Lipinski definition) is 1. The van der Waals surface area contributed by atoms with Gasteiger partial charge in [-0.3, -0.25) is 4.55 Å². The fourth-order valence-electron chi connectivity index (χ4n) is 0.648. The zero-order valence-corrected chi connectivity index (χ0v) is 8.18. The van der Waals surface area contributed by atoms with Crippen LogP contribution in [-0.4, -0.2) is 8.76 Å². The Labute approximate surface area is 79.9 Å². The second-order valence-electron chi connectivity index (χ2n) is 1.95. The lowest BCUT2D eigenvalue weighted by Gasteiger charge is -2.09. The van der Waals surface area contributed by atoms with E-state index in [2.05, 4.69) is 16.1 Å². The number of hydrogen-bond donors (Lipinski definition) is 1. The summed E-state index contributed by atoms with van der Waals surface area (Å²) in [7, 11) is 0. The predicted molar refractivity (Wildman–Crippen MR) is 48.6 cm³/mol. The van der Waals surface area contributed by atoms with E-state index < -0.39 is 11.3 Å². The van der Waals surface area contributed by atoms with Crippen molar-refractivity contribution in [1.82, 2.24) is 0 Å². The first-order valence-corrected chi connectivity index (χ1v) is 4.71. The third-order valence-corrected chi connectivity index (χ3v) is 2.80. The van der Waals surface area contributed by atoms with Crippen molar-refractivity contribution in [3.63, 3.8) is 0 Å². The molecule has 1 aromatic rings. The number of nitrogens with zero attached hydrogens (tertiary/aromatic N) is 1. The minimum Gasteiger partial charge on any atom is -0.289 e. The number of rotatable bonds is 2. The van der Waals surface area contributed by atoms with E-state index in [0.29, 0.717) is 5.69 Å². The van der Waals surface area contributed by atoms with Crippen LogP contribution in [0.15, 0.2) is 24.3 Å². The Kier molecular flexibility index (Phi) is 3.19. The zero-order valence-electron chi connectivity index (χ0n) is 5.78. The molecule has 0 spiro atoms. The van der Waals surface area contributed by atoms with Gasteiger partial charge in [0, 0.05) is 0 Å². The third-order valence-electron chi connectivity index (χ3n) is 1.17. The lowest BCUT2D eigenvalue weighted by atomic mass is 10.3. The minimum atomic E-state index is -2.14. The van der Waals surface area contributed by atoms with Crippen molar-refractivity contribution in [3.05, 3.63) is 30.1 Å². The summed E-state index contributed by atoms with van der Waals surface area (Å²) in [6.07, 6.45) is 0. The number of benzene rings is 1. The molecule has 0 aliphatic rings. The van der Waals surface area contributed by atoms with Gasteiger partial charge in [0.1, 0.15) is 5.82 Å². The van der Waals surface area contributed by atoms with Crippen LogP contribution in [0, 0.1) is 5.82 Å². The highest BCUT2D eigenvalue weighted by Gasteiger charge is 2.07.